The topological polar surface area (TPSA) is 119 Å². The maximum atomic E-state index is 12.8. The Bertz CT molecular complexity index is 658. The molecule has 43 heavy (non-hydrogen) atoms. The van der Waals surface area contributed by atoms with Crippen LogP contribution in [0.3, 0.4) is 0 Å². The van der Waals surface area contributed by atoms with Gasteiger partial charge in [-0.2, -0.15) is 0 Å². The zero-order valence-electron chi connectivity index (χ0n) is 28.3. The minimum atomic E-state index is -1.04. The summed E-state index contributed by atoms with van der Waals surface area (Å²) in [6.07, 6.45) is 29.3. The van der Waals surface area contributed by atoms with Crippen LogP contribution in [0, 0.1) is 0 Å². The molecule has 0 saturated heterocycles. The molecule has 0 aliphatic carbocycles. The Morgan fingerprint density at radius 1 is 0.605 bits per heavy atom. The molecule has 0 bridgehead atoms. The summed E-state index contributed by atoms with van der Waals surface area (Å²) < 4.78 is 5.78. The Morgan fingerprint density at radius 2 is 1.02 bits per heavy atom. The average molecular weight is 611 g/mol. The molecule has 7 nitrogen and oxygen atoms in total. The third kappa shape index (κ3) is 28.9. The van der Waals surface area contributed by atoms with Crippen LogP contribution >= 0.6 is 0 Å². The van der Waals surface area contributed by atoms with E-state index in [2.05, 4.69) is 19.2 Å². The van der Waals surface area contributed by atoms with Gasteiger partial charge >= 0.3 is 11.9 Å². The van der Waals surface area contributed by atoms with Gasteiger partial charge in [-0.3, -0.25) is 9.59 Å². The van der Waals surface area contributed by atoms with E-state index in [1.165, 1.54) is 103 Å². The van der Waals surface area contributed by atoms with Crippen LogP contribution in [0.4, 0.5) is 0 Å². The Labute approximate surface area is 265 Å². The van der Waals surface area contributed by atoms with E-state index < -0.39 is 18.1 Å². The van der Waals surface area contributed by atoms with Crippen molar-refractivity contribution in [3.63, 3.8) is 0 Å². The number of aliphatic carboxylic acids is 1. The fourth-order valence-corrected chi connectivity index (χ4v) is 5.63. The number of carboxylic acids is 1. The van der Waals surface area contributed by atoms with Crippen molar-refractivity contribution < 1.29 is 24.2 Å². The van der Waals surface area contributed by atoms with Crippen LogP contribution in [-0.4, -0.2) is 41.6 Å². The highest BCUT2D eigenvalue weighted by atomic mass is 16.5. The number of hydrogen-bond acceptors (Lipinski definition) is 5. The van der Waals surface area contributed by atoms with Crippen molar-refractivity contribution >= 4 is 17.8 Å². The van der Waals surface area contributed by atoms with E-state index in [9.17, 15) is 19.5 Å². The molecule has 0 fully saturated rings. The molecule has 2 atom stereocenters. The van der Waals surface area contributed by atoms with E-state index in [4.69, 9.17) is 10.5 Å². The summed E-state index contributed by atoms with van der Waals surface area (Å²) in [7, 11) is 0. The van der Waals surface area contributed by atoms with Crippen LogP contribution < -0.4 is 11.1 Å². The van der Waals surface area contributed by atoms with Gasteiger partial charge in [-0.25, -0.2) is 4.79 Å². The summed E-state index contributed by atoms with van der Waals surface area (Å²) in [5.41, 5.74) is 5.52. The monoisotopic (exact) mass is 611 g/mol. The fourth-order valence-electron chi connectivity index (χ4n) is 5.63. The summed E-state index contributed by atoms with van der Waals surface area (Å²) in [5.74, 6) is -1.65. The van der Waals surface area contributed by atoms with E-state index >= 15 is 0 Å². The molecule has 254 valence electrons. The van der Waals surface area contributed by atoms with Gasteiger partial charge in [-0.15, -0.1) is 0 Å². The van der Waals surface area contributed by atoms with Crippen molar-refractivity contribution in [2.24, 2.45) is 5.73 Å². The van der Waals surface area contributed by atoms with Crippen LogP contribution in [0.5, 0.6) is 0 Å². The van der Waals surface area contributed by atoms with Crippen LogP contribution in [0.25, 0.3) is 0 Å². The standard InChI is InChI=1S/C36H70N2O5/c1-3-5-7-9-11-13-15-17-19-21-23-27-32(31-34(39)38-33(36(41)42)28-25-26-30-37)43-35(40)29-24-22-20-18-16-14-12-10-8-6-4-2/h32-33H,3-31,37H2,1-2H3,(H,38,39)(H,41,42). The molecule has 2 unspecified atom stereocenters. The van der Waals surface area contributed by atoms with E-state index in [-0.39, 0.29) is 18.3 Å². The Morgan fingerprint density at radius 3 is 1.47 bits per heavy atom. The van der Waals surface area contributed by atoms with Crippen molar-refractivity contribution in [2.75, 3.05) is 6.54 Å². The lowest BCUT2D eigenvalue weighted by Gasteiger charge is -2.20. The number of ether oxygens (including phenoxy) is 1. The predicted octanol–water partition coefficient (Wildman–Crippen LogP) is 9.39. The van der Waals surface area contributed by atoms with Gasteiger partial charge in [0, 0.05) is 6.42 Å². The van der Waals surface area contributed by atoms with Crippen LogP contribution in [-0.2, 0) is 19.1 Å². The lowest BCUT2D eigenvalue weighted by molar-refractivity contribution is -0.151. The zero-order valence-corrected chi connectivity index (χ0v) is 28.3. The maximum absolute atomic E-state index is 12.8. The van der Waals surface area contributed by atoms with Gasteiger partial charge in [0.25, 0.3) is 0 Å². The predicted molar refractivity (Wildman–Crippen MR) is 179 cm³/mol. The molecule has 4 N–H and O–H groups in total. The van der Waals surface area contributed by atoms with Crippen molar-refractivity contribution in [3.05, 3.63) is 0 Å². The van der Waals surface area contributed by atoms with E-state index in [1.54, 1.807) is 0 Å². The van der Waals surface area contributed by atoms with Gasteiger partial charge < -0.3 is 20.9 Å². The molecule has 0 heterocycles. The second-order valence-corrected chi connectivity index (χ2v) is 12.7. The molecular formula is C36H70N2O5. The van der Waals surface area contributed by atoms with E-state index in [0.29, 0.717) is 32.2 Å². The van der Waals surface area contributed by atoms with Crippen LogP contribution in [0.2, 0.25) is 0 Å². The van der Waals surface area contributed by atoms with Crippen molar-refractivity contribution in [3.8, 4) is 0 Å². The summed E-state index contributed by atoms with van der Waals surface area (Å²) in [6, 6.07) is -0.936. The first kappa shape index (κ1) is 41.4. The summed E-state index contributed by atoms with van der Waals surface area (Å²) >= 11 is 0. The van der Waals surface area contributed by atoms with Gasteiger partial charge in [0.15, 0.2) is 0 Å². The molecule has 0 aromatic heterocycles. The third-order valence-electron chi connectivity index (χ3n) is 8.41. The molecule has 0 rings (SSSR count). The molecule has 1 amide bonds. The van der Waals surface area contributed by atoms with Crippen molar-refractivity contribution in [1.29, 1.82) is 0 Å². The molecule has 0 aromatic rings. The van der Waals surface area contributed by atoms with Gasteiger partial charge in [0.1, 0.15) is 12.1 Å². The molecule has 0 spiro atoms. The van der Waals surface area contributed by atoms with Crippen LogP contribution in [0.1, 0.15) is 194 Å². The summed E-state index contributed by atoms with van der Waals surface area (Å²) in [5, 5.41) is 12.2. The molecule has 0 saturated carbocycles. The molecule has 0 radical (unpaired) electrons. The highest BCUT2D eigenvalue weighted by Crippen LogP contribution is 2.17. The lowest BCUT2D eigenvalue weighted by Crippen LogP contribution is -2.42. The number of hydrogen-bond donors (Lipinski definition) is 3. The van der Waals surface area contributed by atoms with Gasteiger partial charge in [-0.05, 0) is 45.1 Å². The number of nitrogens with one attached hydrogen (secondary N) is 1. The number of esters is 1. The third-order valence-corrected chi connectivity index (χ3v) is 8.41. The number of unbranched alkanes of at least 4 members (excludes halogenated alkanes) is 21. The number of rotatable bonds is 33. The highest BCUT2D eigenvalue weighted by molar-refractivity contribution is 5.84. The molecular weight excluding hydrogens is 540 g/mol. The maximum Gasteiger partial charge on any atom is 0.326 e. The highest BCUT2D eigenvalue weighted by Gasteiger charge is 2.23. The van der Waals surface area contributed by atoms with E-state index in [0.717, 1.165) is 44.9 Å². The SMILES string of the molecule is CCCCCCCCCCCCCC(=O)OC(CCCCCCCCCCCCC)CC(=O)NC(CCCCN)C(=O)O. The first-order valence-corrected chi connectivity index (χ1v) is 18.4. The number of carbonyl (C=O) groups is 3. The van der Waals surface area contributed by atoms with E-state index in [1.807, 2.05) is 0 Å². The number of amides is 1. The Balaban J connectivity index is 4.46. The van der Waals surface area contributed by atoms with Crippen molar-refractivity contribution in [1.82, 2.24) is 5.32 Å². The second-order valence-electron chi connectivity index (χ2n) is 12.7. The van der Waals surface area contributed by atoms with Crippen LogP contribution in [0.15, 0.2) is 0 Å². The Hall–Kier alpha value is -1.63. The molecule has 0 aliphatic heterocycles. The smallest absolute Gasteiger partial charge is 0.326 e. The van der Waals surface area contributed by atoms with Gasteiger partial charge in [0.05, 0.1) is 6.42 Å². The Kier molecular flexibility index (Phi) is 30.6. The minimum Gasteiger partial charge on any atom is -0.480 e. The summed E-state index contributed by atoms with van der Waals surface area (Å²) in [4.78, 5) is 37.0. The number of carboxylic acid groups (broad SMARTS) is 1. The lowest BCUT2D eigenvalue weighted by atomic mass is 10.0. The molecule has 0 aromatic carbocycles. The van der Waals surface area contributed by atoms with Gasteiger partial charge in [0.2, 0.25) is 5.91 Å². The summed E-state index contributed by atoms with van der Waals surface area (Å²) in [6.45, 7) is 4.99. The molecule has 7 heteroatoms. The minimum absolute atomic E-state index is 0.0163. The molecule has 0 aliphatic rings. The zero-order chi connectivity index (χ0) is 31.8. The largest absolute Gasteiger partial charge is 0.480 e. The first-order chi connectivity index (χ1) is 20.9. The fraction of sp³-hybridized carbons (Fsp3) is 0.917. The van der Waals surface area contributed by atoms with Gasteiger partial charge in [-0.1, -0.05) is 142 Å². The first-order valence-electron chi connectivity index (χ1n) is 18.4. The normalized spacial score (nSPS) is 12.6. The average Bonchev–Trinajstić information content (AvgIpc) is 2.98. The number of nitrogens with two attached hydrogens (primary N) is 1. The number of carbonyl (C=O) groups excluding carboxylic acids is 2. The second kappa shape index (κ2) is 31.8. The quantitative estimate of drug-likeness (QED) is 0.0503. The van der Waals surface area contributed by atoms with Crippen molar-refractivity contribution in [2.45, 2.75) is 206 Å².